The Kier molecular flexibility index (Phi) is 13.6. The molecule has 1 saturated carbocycles. The summed E-state index contributed by atoms with van der Waals surface area (Å²) in [5, 5.41) is 15.3. The Morgan fingerprint density at radius 3 is 2.56 bits per heavy atom. The summed E-state index contributed by atoms with van der Waals surface area (Å²) in [5.74, 6) is 3.00. The predicted octanol–water partition coefficient (Wildman–Crippen LogP) is 11.3. The molecule has 0 radical (unpaired) electrons. The van der Waals surface area contributed by atoms with Crippen LogP contribution in [0.25, 0.3) is 11.4 Å². The lowest BCUT2D eigenvalue weighted by molar-refractivity contribution is -0.144. The zero-order valence-corrected chi connectivity index (χ0v) is 37.3. The Morgan fingerprint density at radius 1 is 0.935 bits per heavy atom. The number of hydrogen-bond acceptors (Lipinski definition) is 9. The van der Waals surface area contributed by atoms with E-state index < -0.39 is 11.5 Å². The maximum absolute atomic E-state index is 13.1. The highest BCUT2D eigenvalue weighted by Gasteiger charge is 2.54. The highest BCUT2D eigenvalue weighted by molar-refractivity contribution is 6.32. The number of carboxylic acids is 1. The minimum Gasteiger partial charge on any atom is -0.496 e. The van der Waals surface area contributed by atoms with Gasteiger partial charge in [0.1, 0.15) is 22.8 Å². The first-order valence-electron chi connectivity index (χ1n) is 21.9. The lowest BCUT2D eigenvalue weighted by Crippen LogP contribution is -2.53. The number of para-hydroxylation sites is 1. The van der Waals surface area contributed by atoms with Gasteiger partial charge in [0, 0.05) is 40.8 Å². The van der Waals surface area contributed by atoms with Gasteiger partial charge in [-0.2, -0.15) is 0 Å². The second-order valence-electron chi connectivity index (χ2n) is 17.5. The standard InChI is InChI=1S/C50H56Cl2N4O6/c1-32(30-62-44-16-22-53-42-13-6-9-33(2)46(42)44)25-35-26-34-27-41(52)45(61-24-8-23-60-31-38-15-21-54-47(55-38)39-12-4-5-14-43(39)59-3)29-40(34)49(35)17-19-50(20-18-49,48(57)58)56-37-11-7-10-36(51)28-37/h4-5,7,10-12,14-16,21-22,27-29,32-33,35,56H,6,8-9,13,17-20,23-26,30-31H2,1-3H3,(H,57,58)/t32-,33-,35?,49?,50?/m1/s1. The van der Waals surface area contributed by atoms with Crippen LogP contribution in [0.3, 0.4) is 0 Å². The highest BCUT2D eigenvalue weighted by Crippen LogP contribution is 2.57. The van der Waals surface area contributed by atoms with Crippen molar-refractivity contribution in [3.63, 3.8) is 0 Å². The molecule has 3 aliphatic carbocycles. The van der Waals surface area contributed by atoms with Gasteiger partial charge in [0.2, 0.25) is 0 Å². The van der Waals surface area contributed by atoms with Crippen molar-refractivity contribution in [1.82, 2.24) is 15.0 Å². The molecule has 1 fully saturated rings. The van der Waals surface area contributed by atoms with Crippen LogP contribution >= 0.6 is 23.2 Å². The molecule has 5 aromatic rings. The minimum absolute atomic E-state index is 0.255. The van der Waals surface area contributed by atoms with E-state index >= 15 is 0 Å². The predicted molar refractivity (Wildman–Crippen MR) is 243 cm³/mol. The molecule has 1 spiro atoms. The summed E-state index contributed by atoms with van der Waals surface area (Å²) in [6, 6.07) is 23.1. The van der Waals surface area contributed by atoms with Crippen molar-refractivity contribution < 1.29 is 28.8 Å². The molecular weight excluding hydrogens is 823 g/mol. The third-order valence-electron chi connectivity index (χ3n) is 13.3. The monoisotopic (exact) mass is 878 g/mol. The number of fused-ring (bicyclic) bond motifs is 3. The van der Waals surface area contributed by atoms with E-state index in [-0.39, 0.29) is 17.3 Å². The molecule has 0 aliphatic heterocycles. The van der Waals surface area contributed by atoms with E-state index in [4.69, 9.17) is 47.1 Å². The molecule has 2 heterocycles. The van der Waals surface area contributed by atoms with Crippen molar-refractivity contribution in [2.75, 3.05) is 32.2 Å². The largest absolute Gasteiger partial charge is 0.496 e. The van der Waals surface area contributed by atoms with Crippen molar-refractivity contribution in [1.29, 1.82) is 0 Å². The number of pyridine rings is 1. The maximum Gasteiger partial charge on any atom is 0.329 e. The molecule has 1 unspecified atom stereocenters. The van der Waals surface area contributed by atoms with Crippen LogP contribution in [0.5, 0.6) is 17.2 Å². The summed E-state index contributed by atoms with van der Waals surface area (Å²) in [6.45, 7) is 6.37. The number of halogens is 2. The number of benzene rings is 3. The number of hydrogen-bond donors (Lipinski definition) is 2. The van der Waals surface area contributed by atoms with E-state index in [0.29, 0.717) is 97.5 Å². The first-order valence-corrected chi connectivity index (χ1v) is 22.7. The lowest BCUT2D eigenvalue weighted by atomic mass is 9.59. The van der Waals surface area contributed by atoms with Crippen LogP contribution in [0.1, 0.15) is 99.2 Å². The first-order chi connectivity index (χ1) is 30.1. The Morgan fingerprint density at radius 2 is 1.76 bits per heavy atom. The summed E-state index contributed by atoms with van der Waals surface area (Å²) >= 11 is 13.3. The number of rotatable bonds is 17. The van der Waals surface area contributed by atoms with Gasteiger partial charge >= 0.3 is 5.97 Å². The number of aromatic nitrogens is 3. The topological polar surface area (TPSA) is 125 Å². The average molecular weight is 880 g/mol. The molecule has 2 N–H and O–H groups in total. The van der Waals surface area contributed by atoms with Gasteiger partial charge < -0.3 is 29.4 Å². The second-order valence-corrected chi connectivity index (χ2v) is 18.3. The Hall–Kier alpha value is -4.90. The lowest BCUT2D eigenvalue weighted by Gasteiger charge is -2.47. The molecule has 0 saturated heterocycles. The number of carboxylic acid groups (broad SMARTS) is 1. The van der Waals surface area contributed by atoms with E-state index in [2.05, 4.69) is 41.3 Å². The Balaban J connectivity index is 0.955. The van der Waals surface area contributed by atoms with Crippen molar-refractivity contribution in [3.8, 4) is 28.6 Å². The summed E-state index contributed by atoms with van der Waals surface area (Å²) < 4.78 is 24.5. The molecule has 3 aliphatic rings. The van der Waals surface area contributed by atoms with Gasteiger partial charge in [0.15, 0.2) is 5.82 Å². The first kappa shape index (κ1) is 43.7. The summed E-state index contributed by atoms with van der Waals surface area (Å²) in [4.78, 5) is 26.9. The maximum atomic E-state index is 13.1. The molecule has 326 valence electrons. The van der Waals surface area contributed by atoms with Gasteiger partial charge in [-0.05, 0) is 147 Å². The van der Waals surface area contributed by atoms with Crippen molar-refractivity contribution in [2.45, 2.75) is 102 Å². The molecular formula is C50H56Cl2N4O6. The van der Waals surface area contributed by atoms with Crippen LogP contribution in [0.4, 0.5) is 5.69 Å². The minimum atomic E-state index is -1.12. The molecule has 3 aromatic carbocycles. The van der Waals surface area contributed by atoms with Crippen LogP contribution in [0.2, 0.25) is 10.0 Å². The molecule has 0 amide bonds. The molecule has 3 atom stereocenters. The van der Waals surface area contributed by atoms with Gasteiger partial charge in [-0.1, -0.05) is 55.2 Å². The number of carbonyl (C=O) groups is 1. The molecule has 12 heteroatoms. The number of aryl methyl sites for hydroxylation is 1. The van der Waals surface area contributed by atoms with Crippen molar-refractivity contribution in [2.24, 2.45) is 11.8 Å². The van der Waals surface area contributed by atoms with Gasteiger partial charge in [-0.15, -0.1) is 0 Å². The van der Waals surface area contributed by atoms with E-state index in [1.807, 2.05) is 54.7 Å². The fourth-order valence-corrected chi connectivity index (χ4v) is 10.6. The summed E-state index contributed by atoms with van der Waals surface area (Å²) in [6.07, 6.45) is 11.7. The highest BCUT2D eigenvalue weighted by atomic mass is 35.5. The SMILES string of the molecule is COc1ccccc1-c1nccc(COCCCOc2cc3c(cc2Cl)CC(C[C@@H](C)COc2ccnc4c2[C@H](C)CCC4)C32CCC(Nc3cccc(Cl)c3)(C(=O)O)CC2)n1. The van der Waals surface area contributed by atoms with E-state index in [9.17, 15) is 9.90 Å². The quantitative estimate of drug-likeness (QED) is 0.0872. The smallest absolute Gasteiger partial charge is 0.329 e. The van der Waals surface area contributed by atoms with Crippen molar-refractivity contribution in [3.05, 3.63) is 123 Å². The van der Waals surface area contributed by atoms with E-state index in [1.54, 1.807) is 25.4 Å². The van der Waals surface area contributed by atoms with Crippen LogP contribution in [-0.4, -0.2) is 58.5 Å². The summed E-state index contributed by atoms with van der Waals surface area (Å²) in [7, 11) is 1.64. The molecule has 62 heavy (non-hydrogen) atoms. The number of aliphatic carboxylic acids is 1. The third-order valence-corrected chi connectivity index (χ3v) is 13.9. The molecule has 8 rings (SSSR count). The molecule has 10 nitrogen and oxygen atoms in total. The van der Waals surface area contributed by atoms with Crippen LogP contribution in [0, 0.1) is 11.8 Å². The van der Waals surface area contributed by atoms with Gasteiger partial charge in [-0.3, -0.25) is 4.98 Å². The van der Waals surface area contributed by atoms with Gasteiger partial charge in [0.05, 0.1) is 49.8 Å². The Bertz CT molecular complexity index is 2370. The number of nitrogens with one attached hydrogen (secondary N) is 1. The fraction of sp³-hybridized carbons (Fsp3) is 0.440. The molecule has 0 bridgehead atoms. The van der Waals surface area contributed by atoms with Crippen LogP contribution in [-0.2, 0) is 34.4 Å². The Labute approximate surface area is 374 Å². The average Bonchev–Trinajstić information content (AvgIpc) is 3.54. The number of nitrogens with zero attached hydrogens (tertiary/aromatic N) is 3. The normalized spacial score (nSPS) is 22.1. The number of ether oxygens (including phenoxy) is 4. The number of anilines is 1. The zero-order valence-electron chi connectivity index (χ0n) is 35.8. The van der Waals surface area contributed by atoms with E-state index in [1.165, 1.54) is 22.4 Å². The van der Waals surface area contributed by atoms with Crippen LogP contribution < -0.4 is 19.5 Å². The molecule has 2 aromatic heterocycles. The van der Waals surface area contributed by atoms with E-state index in [0.717, 1.165) is 49.1 Å². The van der Waals surface area contributed by atoms with Crippen LogP contribution in [0.15, 0.2) is 85.2 Å². The fourth-order valence-electron chi connectivity index (χ4n) is 10.2. The number of methoxy groups -OCH3 is 1. The zero-order chi connectivity index (χ0) is 43.3. The van der Waals surface area contributed by atoms with Crippen molar-refractivity contribution >= 4 is 34.9 Å². The van der Waals surface area contributed by atoms with Gasteiger partial charge in [-0.25, -0.2) is 14.8 Å². The third kappa shape index (κ3) is 9.38. The second kappa shape index (κ2) is 19.2. The van der Waals surface area contributed by atoms with Gasteiger partial charge in [0.25, 0.3) is 0 Å². The summed E-state index contributed by atoms with van der Waals surface area (Å²) in [5.41, 5.74) is 5.79.